The fraction of sp³-hybridized carbons (Fsp3) is 0.125. The minimum Gasteiger partial charge on any atom is -0.321 e. The van der Waals surface area contributed by atoms with Crippen LogP contribution in [0.2, 0.25) is 0 Å². The van der Waals surface area contributed by atoms with Crippen LogP contribution in [0.1, 0.15) is 16.5 Å². The predicted octanol–water partition coefficient (Wildman–Crippen LogP) is 1.81. The Morgan fingerprint density at radius 2 is 2.55 bits per heavy atom. The van der Waals surface area contributed by atoms with Gasteiger partial charge in [-0.05, 0) is 11.4 Å². The maximum Gasteiger partial charge on any atom is 0.110 e. The van der Waals surface area contributed by atoms with Crippen LogP contribution in [0.15, 0.2) is 24.1 Å². The molecule has 0 amide bonds. The molecule has 3 heteroatoms. The summed E-state index contributed by atoms with van der Waals surface area (Å²) in [5, 5.41) is 10.5. The van der Waals surface area contributed by atoms with Gasteiger partial charge in [-0.25, -0.2) is 0 Å². The standard InChI is InChI=1S/C8H8N2S/c1-2-7(10)6-3-4-11-8(6)5-9/h2-4,7H,1,10H2/t7-/m1/s1. The molecule has 0 bridgehead atoms. The number of rotatable bonds is 2. The third-order valence-corrected chi connectivity index (χ3v) is 2.25. The molecule has 1 atom stereocenters. The molecule has 0 fully saturated rings. The van der Waals surface area contributed by atoms with E-state index in [9.17, 15) is 0 Å². The summed E-state index contributed by atoms with van der Waals surface area (Å²) in [6.07, 6.45) is 1.63. The molecule has 1 aromatic heterocycles. The van der Waals surface area contributed by atoms with Crippen LogP contribution in [0.25, 0.3) is 0 Å². The summed E-state index contributed by atoms with van der Waals surface area (Å²) >= 11 is 1.40. The predicted molar refractivity (Wildman–Crippen MR) is 46.2 cm³/mol. The van der Waals surface area contributed by atoms with E-state index in [1.54, 1.807) is 6.08 Å². The van der Waals surface area contributed by atoms with Gasteiger partial charge in [0.2, 0.25) is 0 Å². The van der Waals surface area contributed by atoms with E-state index >= 15 is 0 Å². The molecule has 0 aliphatic carbocycles. The molecule has 1 heterocycles. The van der Waals surface area contributed by atoms with Gasteiger partial charge in [0.25, 0.3) is 0 Å². The third-order valence-electron chi connectivity index (χ3n) is 1.41. The fourth-order valence-corrected chi connectivity index (χ4v) is 1.54. The van der Waals surface area contributed by atoms with Crippen molar-refractivity contribution in [3.05, 3.63) is 34.5 Å². The minimum absolute atomic E-state index is 0.212. The molecule has 1 rings (SSSR count). The number of nitrogens with two attached hydrogens (primary N) is 1. The lowest BCUT2D eigenvalue weighted by Gasteiger charge is -2.01. The van der Waals surface area contributed by atoms with Gasteiger partial charge in [-0.2, -0.15) is 5.26 Å². The summed E-state index contributed by atoms with van der Waals surface area (Å²) in [5.41, 5.74) is 6.52. The first kappa shape index (κ1) is 7.99. The van der Waals surface area contributed by atoms with Crippen molar-refractivity contribution in [2.75, 3.05) is 0 Å². The lowest BCUT2D eigenvalue weighted by molar-refractivity contribution is 0.917. The lowest BCUT2D eigenvalue weighted by Crippen LogP contribution is -2.06. The van der Waals surface area contributed by atoms with E-state index in [-0.39, 0.29) is 6.04 Å². The molecule has 1 aromatic rings. The van der Waals surface area contributed by atoms with Gasteiger partial charge in [0.15, 0.2) is 0 Å². The van der Waals surface area contributed by atoms with Gasteiger partial charge in [-0.3, -0.25) is 0 Å². The first-order chi connectivity index (χ1) is 5.29. The molecule has 0 saturated heterocycles. The first-order valence-corrected chi connectivity index (χ1v) is 4.03. The quantitative estimate of drug-likeness (QED) is 0.677. The molecule has 0 saturated carbocycles. The van der Waals surface area contributed by atoms with Crippen molar-refractivity contribution >= 4 is 11.3 Å². The summed E-state index contributed by atoms with van der Waals surface area (Å²) in [6, 6.07) is 3.73. The second-order valence-electron chi connectivity index (χ2n) is 2.08. The zero-order valence-corrected chi connectivity index (χ0v) is 6.77. The molecule has 56 valence electrons. The lowest BCUT2D eigenvalue weighted by atomic mass is 10.1. The molecule has 0 radical (unpaired) electrons. The molecule has 0 aliphatic rings. The smallest absolute Gasteiger partial charge is 0.110 e. The number of nitriles is 1. The maximum absolute atomic E-state index is 8.62. The van der Waals surface area contributed by atoms with E-state index in [4.69, 9.17) is 11.0 Å². The molecule has 0 spiro atoms. The van der Waals surface area contributed by atoms with Gasteiger partial charge in [0, 0.05) is 11.6 Å². The Balaban J connectivity index is 3.04. The number of hydrogen-bond donors (Lipinski definition) is 1. The van der Waals surface area contributed by atoms with E-state index in [0.717, 1.165) is 5.56 Å². The highest BCUT2D eigenvalue weighted by Crippen LogP contribution is 2.21. The Labute approximate surface area is 69.6 Å². The molecule has 0 unspecified atom stereocenters. The largest absolute Gasteiger partial charge is 0.321 e. The van der Waals surface area contributed by atoms with Crippen molar-refractivity contribution in [2.45, 2.75) is 6.04 Å². The summed E-state index contributed by atoms with van der Waals surface area (Å²) in [7, 11) is 0. The highest BCUT2D eigenvalue weighted by Gasteiger charge is 2.07. The Hall–Kier alpha value is -1.11. The zero-order valence-electron chi connectivity index (χ0n) is 5.95. The summed E-state index contributed by atoms with van der Waals surface area (Å²) in [6.45, 7) is 3.56. The van der Waals surface area contributed by atoms with Gasteiger partial charge in [-0.1, -0.05) is 6.08 Å². The maximum atomic E-state index is 8.62. The average Bonchev–Trinajstić information content (AvgIpc) is 2.50. The zero-order chi connectivity index (χ0) is 8.27. The number of nitrogens with zero attached hydrogens (tertiary/aromatic N) is 1. The van der Waals surface area contributed by atoms with Crippen LogP contribution >= 0.6 is 11.3 Å². The molecular formula is C8H8N2S. The van der Waals surface area contributed by atoms with Crippen LogP contribution in [0.4, 0.5) is 0 Å². The SMILES string of the molecule is C=C[C@@H](N)c1ccsc1C#N. The van der Waals surface area contributed by atoms with Gasteiger partial charge >= 0.3 is 0 Å². The minimum atomic E-state index is -0.212. The van der Waals surface area contributed by atoms with E-state index in [2.05, 4.69) is 12.6 Å². The monoisotopic (exact) mass is 164 g/mol. The third kappa shape index (κ3) is 1.48. The molecule has 0 aromatic carbocycles. The normalized spacial score (nSPS) is 12.0. The highest BCUT2D eigenvalue weighted by molar-refractivity contribution is 7.10. The van der Waals surface area contributed by atoms with Gasteiger partial charge in [0.05, 0.1) is 0 Å². The van der Waals surface area contributed by atoms with Crippen LogP contribution in [0.5, 0.6) is 0 Å². The molecular weight excluding hydrogens is 156 g/mol. The number of thiophene rings is 1. The second-order valence-corrected chi connectivity index (χ2v) is 2.99. The Morgan fingerprint density at radius 3 is 3.09 bits per heavy atom. The van der Waals surface area contributed by atoms with E-state index in [0.29, 0.717) is 4.88 Å². The van der Waals surface area contributed by atoms with Crippen LogP contribution in [0.3, 0.4) is 0 Å². The Kier molecular flexibility index (Phi) is 2.42. The Morgan fingerprint density at radius 1 is 1.82 bits per heavy atom. The fourth-order valence-electron chi connectivity index (χ4n) is 0.799. The van der Waals surface area contributed by atoms with Gasteiger partial charge < -0.3 is 5.73 Å². The number of hydrogen-bond acceptors (Lipinski definition) is 3. The topological polar surface area (TPSA) is 49.8 Å². The van der Waals surface area contributed by atoms with Crippen LogP contribution in [0, 0.1) is 11.3 Å². The summed E-state index contributed by atoms with van der Waals surface area (Å²) < 4.78 is 0. The van der Waals surface area contributed by atoms with Crippen molar-refractivity contribution < 1.29 is 0 Å². The van der Waals surface area contributed by atoms with E-state index < -0.39 is 0 Å². The average molecular weight is 164 g/mol. The summed E-state index contributed by atoms with van der Waals surface area (Å²) in [4.78, 5) is 0.678. The van der Waals surface area contributed by atoms with Crippen molar-refractivity contribution in [3.8, 4) is 6.07 Å². The van der Waals surface area contributed by atoms with Crippen LogP contribution < -0.4 is 5.73 Å². The highest BCUT2D eigenvalue weighted by atomic mass is 32.1. The van der Waals surface area contributed by atoms with Crippen molar-refractivity contribution in [2.24, 2.45) is 5.73 Å². The van der Waals surface area contributed by atoms with Crippen molar-refractivity contribution in [3.63, 3.8) is 0 Å². The van der Waals surface area contributed by atoms with Crippen LogP contribution in [-0.2, 0) is 0 Å². The Bertz CT molecular complexity index is 295. The first-order valence-electron chi connectivity index (χ1n) is 3.15. The van der Waals surface area contributed by atoms with Gasteiger partial charge in [-0.15, -0.1) is 17.9 Å². The van der Waals surface area contributed by atoms with E-state index in [1.807, 2.05) is 11.4 Å². The van der Waals surface area contributed by atoms with Crippen LogP contribution in [-0.4, -0.2) is 0 Å². The second kappa shape index (κ2) is 3.33. The summed E-state index contributed by atoms with van der Waals surface area (Å²) in [5.74, 6) is 0. The van der Waals surface area contributed by atoms with Crippen molar-refractivity contribution in [1.29, 1.82) is 5.26 Å². The van der Waals surface area contributed by atoms with E-state index in [1.165, 1.54) is 11.3 Å². The molecule has 2 nitrogen and oxygen atoms in total. The molecule has 2 N–H and O–H groups in total. The molecule has 0 aliphatic heterocycles. The van der Waals surface area contributed by atoms with Gasteiger partial charge in [0.1, 0.15) is 10.9 Å². The molecule has 11 heavy (non-hydrogen) atoms. The van der Waals surface area contributed by atoms with Crippen molar-refractivity contribution in [1.82, 2.24) is 0 Å².